The smallest absolute Gasteiger partial charge is 0.0796 e. The minimum atomic E-state index is -3.94. The van der Waals surface area contributed by atoms with Crippen molar-refractivity contribution in [3.05, 3.63) is 29.8 Å². The van der Waals surface area contributed by atoms with Crippen LogP contribution < -0.4 is 21.7 Å². The molecule has 0 amide bonds. The lowest BCUT2D eigenvalue weighted by molar-refractivity contribution is -0.870. The molecule has 0 aliphatic carbocycles. The van der Waals surface area contributed by atoms with Crippen molar-refractivity contribution in [3.63, 3.8) is 0 Å². The second-order valence-corrected chi connectivity index (χ2v) is 9.56. The third-order valence-corrected chi connectivity index (χ3v) is 6.41. The summed E-state index contributed by atoms with van der Waals surface area (Å²) in [4.78, 5) is 0.478. The van der Waals surface area contributed by atoms with Crippen LogP contribution in [0.2, 0.25) is 0 Å². The zero-order valence-electron chi connectivity index (χ0n) is 13.0. The Morgan fingerprint density at radius 1 is 1.20 bits per heavy atom. The number of hydrogen-bond acceptors (Lipinski definition) is 1. The Morgan fingerprint density at radius 2 is 1.70 bits per heavy atom. The van der Waals surface area contributed by atoms with E-state index in [0.717, 1.165) is 16.6 Å². The van der Waals surface area contributed by atoms with E-state index in [1.165, 1.54) is 0 Å². The fourth-order valence-corrected chi connectivity index (χ4v) is 4.00. The SMILES string of the molecule is CNS(=O)(O)(CCC[N+](C)(C)C)c1ccc(C)cc1.[Br-]. The molecule has 118 valence electrons. The summed E-state index contributed by atoms with van der Waals surface area (Å²) >= 11 is 0. The summed E-state index contributed by atoms with van der Waals surface area (Å²) in [5.74, 6) is 0.242. The van der Waals surface area contributed by atoms with E-state index in [-0.39, 0.29) is 22.7 Å². The Kier molecular flexibility index (Phi) is 6.57. The van der Waals surface area contributed by atoms with Crippen LogP contribution in [0.4, 0.5) is 0 Å². The summed E-state index contributed by atoms with van der Waals surface area (Å²) in [6.45, 7) is 2.83. The molecule has 0 aliphatic rings. The molecule has 1 aromatic rings. The summed E-state index contributed by atoms with van der Waals surface area (Å²) in [5, 5.41) is 0. The van der Waals surface area contributed by atoms with Crippen LogP contribution >= 0.6 is 0 Å². The highest BCUT2D eigenvalue weighted by atomic mass is 79.9. The Hall–Kier alpha value is -0.270. The van der Waals surface area contributed by atoms with Crippen LogP contribution in [0.1, 0.15) is 12.0 Å². The number of halogens is 1. The average Bonchev–Trinajstić information content (AvgIpc) is 2.28. The monoisotopic (exact) mass is 366 g/mol. The standard InChI is InChI=1S/C14H26N2O2S.BrH/c1-13-7-9-14(10-8-13)19(17,18,15-2)12-6-11-16(3,4)5;/h7-10H,6,11-12H2,1-5H3,(H-,15,17,18);1H. The highest BCUT2D eigenvalue weighted by molar-refractivity contribution is 8.13. The van der Waals surface area contributed by atoms with Crippen molar-refractivity contribution in [2.45, 2.75) is 18.2 Å². The quantitative estimate of drug-likeness (QED) is 0.626. The van der Waals surface area contributed by atoms with Gasteiger partial charge < -0.3 is 21.5 Å². The van der Waals surface area contributed by atoms with Gasteiger partial charge in [-0.3, -0.25) is 4.55 Å². The fraction of sp³-hybridized carbons (Fsp3) is 0.571. The molecular weight excluding hydrogens is 340 g/mol. The maximum Gasteiger partial charge on any atom is 0.0796 e. The minimum absolute atomic E-state index is 0. The van der Waals surface area contributed by atoms with Gasteiger partial charge in [-0.2, -0.15) is 4.21 Å². The van der Waals surface area contributed by atoms with Crippen molar-refractivity contribution in [1.29, 1.82) is 0 Å². The summed E-state index contributed by atoms with van der Waals surface area (Å²) < 4.78 is 27.1. The molecule has 0 aromatic heterocycles. The second kappa shape index (κ2) is 6.66. The molecular formula is C14H27BrN2O2S. The van der Waals surface area contributed by atoms with Crippen molar-refractivity contribution in [2.75, 3.05) is 40.5 Å². The lowest BCUT2D eigenvalue weighted by Gasteiger charge is -2.43. The summed E-state index contributed by atoms with van der Waals surface area (Å²) in [6.07, 6.45) is 0.695. The molecule has 1 rings (SSSR count). The number of quaternary nitrogens is 1. The van der Waals surface area contributed by atoms with Crippen molar-refractivity contribution in [3.8, 4) is 0 Å². The maximum atomic E-state index is 13.0. The Labute approximate surface area is 133 Å². The molecule has 0 saturated heterocycles. The van der Waals surface area contributed by atoms with E-state index >= 15 is 0 Å². The van der Waals surface area contributed by atoms with E-state index in [1.54, 1.807) is 19.2 Å². The average molecular weight is 367 g/mol. The molecule has 0 heterocycles. The van der Waals surface area contributed by atoms with Gasteiger partial charge in [0.15, 0.2) is 0 Å². The molecule has 0 unspecified atom stereocenters. The Bertz CT molecular complexity index is 497. The zero-order valence-corrected chi connectivity index (χ0v) is 15.4. The number of benzene rings is 1. The van der Waals surface area contributed by atoms with Crippen LogP contribution in [0.5, 0.6) is 0 Å². The minimum Gasteiger partial charge on any atom is -1.00 e. The molecule has 0 spiro atoms. The van der Waals surface area contributed by atoms with Crippen LogP contribution in [-0.4, -0.2) is 53.7 Å². The molecule has 0 radical (unpaired) electrons. The van der Waals surface area contributed by atoms with E-state index < -0.39 is 9.53 Å². The molecule has 0 bridgehead atoms. The molecule has 1 aromatic carbocycles. The fourth-order valence-electron chi connectivity index (χ4n) is 1.96. The van der Waals surface area contributed by atoms with Gasteiger partial charge in [0.2, 0.25) is 0 Å². The molecule has 4 nitrogen and oxygen atoms in total. The summed E-state index contributed by atoms with van der Waals surface area (Å²) in [7, 11) is 3.87. The third-order valence-electron chi connectivity index (χ3n) is 3.28. The molecule has 0 atom stereocenters. The van der Waals surface area contributed by atoms with Gasteiger partial charge in [0, 0.05) is 13.5 Å². The number of nitrogens with zero attached hydrogens (tertiary/aromatic N) is 1. The van der Waals surface area contributed by atoms with Crippen LogP contribution in [0, 0.1) is 6.92 Å². The maximum absolute atomic E-state index is 13.0. The number of rotatable bonds is 6. The molecule has 0 fully saturated rings. The van der Waals surface area contributed by atoms with Gasteiger partial charge in [0.25, 0.3) is 0 Å². The van der Waals surface area contributed by atoms with Gasteiger partial charge in [-0.1, -0.05) is 17.7 Å². The van der Waals surface area contributed by atoms with Gasteiger partial charge in [0.1, 0.15) is 0 Å². The van der Waals surface area contributed by atoms with E-state index in [1.807, 2.05) is 19.1 Å². The molecule has 0 saturated carbocycles. The largest absolute Gasteiger partial charge is 1.00 e. The van der Waals surface area contributed by atoms with Gasteiger partial charge in [-0.15, -0.1) is 9.53 Å². The number of aryl methyl sites for hydroxylation is 1. The lowest BCUT2D eigenvalue weighted by Crippen LogP contribution is -3.00. The van der Waals surface area contributed by atoms with Crippen molar-refractivity contribution in [1.82, 2.24) is 4.72 Å². The summed E-state index contributed by atoms with van der Waals surface area (Å²) in [5.41, 5.74) is 1.08. The van der Waals surface area contributed by atoms with E-state index in [0.29, 0.717) is 11.3 Å². The first kappa shape index (κ1) is 19.7. The van der Waals surface area contributed by atoms with E-state index in [4.69, 9.17) is 0 Å². The number of nitrogens with one attached hydrogen (secondary N) is 1. The van der Waals surface area contributed by atoms with E-state index in [2.05, 4.69) is 25.9 Å². The predicted octanol–water partition coefficient (Wildman–Crippen LogP) is -1.12. The number of hydrogen-bond donors (Lipinski definition) is 2. The first-order valence-electron chi connectivity index (χ1n) is 6.53. The molecule has 2 N–H and O–H groups in total. The van der Waals surface area contributed by atoms with Crippen molar-refractivity contribution < 1.29 is 30.2 Å². The van der Waals surface area contributed by atoms with Crippen LogP contribution in [0.15, 0.2) is 29.2 Å². The zero-order chi connectivity index (χ0) is 14.8. The first-order chi connectivity index (χ1) is 8.56. The normalized spacial score (nSPS) is 14.2. The van der Waals surface area contributed by atoms with Gasteiger partial charge >= 0.3 is 0 Å². The topological polar surface area (TPSA) is 49.3 Å². The van der Waals surface area contributed by atoms with Crippen LogP contribution in [0.25, 0.3) is 0 Å². The van der Waals surface area contributed by atoms with Gasteiger partial charge in [-0.05, 0) is 19.1 Å². The van der Waals surface area contributed by atoms with Gasteiger partial charge in [0.05, 0.1) is 38.3 Å². The highest BCUT2D eigenvalue weighted by Gasteiger charge is 2.28. The molecule has 6 heteroatoms. The Morgan fingerprint density at radius 3 is 2.10 bits per heavy atom. The summed E-state index contributed by atoms with van der Waals surface area (Å²) in [6, 6.07) is 7.23. The molecule has 20 heavy (non-hydrogen) atoms. The lowest BCUT2D eigenvalue weighted by atomic mass is 10.2. The highest BCUT2D eigenvalue weighted by Crippen LogP contribution is 2.29. The first-order valence-corrected chi connectivity index (χ1v) is 8.62. The van der Waals surface area contributed by atoms with Crippen LogP contribution in [-0.2, 0) is 9.53 Å². The van der Waals surface area contributed by atoms with Crippen molar-refractivity contribution >= 4 is 9.53 Å². The van der Waals surface area contributed by atoms with Crippen molar-refractivity contribution in [2.24, 2.45) is 0 Å². The second-order valence-electron chi connectivity index (χ2n) is 6.15. The third kappa shape index (κ3) is 5.26. The predicted molar refractivity (Wildman–Crippen MR) is 81.7 cm³/mol. The molecule has 0 aliphatic heterocycles. The Balaban J connectivity index is 0.00000361. The van der Waals surface area contributed by atoms with E-state index in [9.17, 15) is 8.76 Å². The van der Waals surface area contributed by atoms with Crippen LogP contribution in [0.3, 0.4) is 0 Å². The van der Waals surface area contributed by atoms with Gasteiger partial charge in [-0.25, -0.2) is 4.72 Å².